The molecule has 1 aliphatic rings. The van der Waals surface area contributed by atoms with Crippen LogP contribution in [-0.2, 0) is 17.8 Å². The fourth-order valence-corrected chi connectivity index (χ4v) is 5.51. The van der Waals surface area contributed by atoms with Crippen LogP contribution in [0.15, 0.2) is 18.5 Å². The number of thiazole rings is 1. The number of hydrogen-bond donors (Lipinski definition) is 3. The minimum absolute atomic E-state index is 0. The van der Waals surface area contributed by atoms with Crippen LogP contribution >= 0.6 is 47.5 Å². The van der Waals surface area contributed by atoms with Crippen molar-refractivity contribution < 1.29 is 4.79 Å². The number of carbonyl (C=O) groups is 1. The Morgan fingerprint density at radius 2 is 2.14 bits per heavy atom. The van der Waals surface area contributed by atoms with Gasteiger partial charge in [-0.3, -0.25) is 9.78 Å². The number of nitrogens with zero attached hydrogens (tertiary/aromatic N) is 2. The molecule has 0 saturated heterocycles. The van der Waals surface area contributed by atoms with Gasteiger partial charge >= 0.3 is 0 Å². The first-order chi connectivity index (χ1) is 13.1. The van der Waals surface area contributed by atoms with E-state index in [1.807, 2.05) is 6.07 Å². The van der Waals surface area contributed by atoms with Crippen LogP contribution in [0.5, 0.6) is 0 Å². The molecule has 0 fully saturated rings. The number of halogens is 2. The van der Waals surface area contributed by atoms with Gasteiger partial charge in [0.05, 0.1) is 10.9 Å². The van der Waals surface area contributed by atoms with E-state index in [1.54, 1.807) is 35.1 Å². The molecule has 6 nitrogen and oxygen atoms in total. The molecule has 10 heteroatoms. The van der Waals surface area contributed by atoms with E-state index < -0.39 is 0 Å². The number of nitrogens with one attached hydrogen (secondary N) is 3. The van der Waals surface area contributed by atoms with E-state index >= 15 is 0 Å². The summed E-state index contributed by atoms with van der Waals surface area (Å²) in [6, 6.07) is 2.37. The molecule has 3 N–H and O–H groups in total. The summed E-state index contributed by atoms with van der Waals surface area (Å²) in [5, 5.41) is 11.7. The Hall–Kier alpha value is -1.29. The lowest BCUT2D eigenvalue weighted by molar-refractivity contribution is -0.116. The minimum Gasteiger partial charge on any atom is -0.317 e. The summed E-state index contributed by atoms with van der Waals surface area (Å²) in [6.45, 7) is 6.65. The van der Waals surface area contributed by atoms with Gasteiger partial charge in [-0.2, -0.15) is 0 Å². The van der Waals surface area contributed by atoms with E-state index in [0.717, 1.165) is 45.3 Å². The van der Waals surface area contributed by atoms with Gasteiger partial charge in [-0.1, -0.05) is 13.8 Å². The molecule has 29 heavy (non-hydrogen) atoms. The maximum atomic E-state index is 12.5. The van der Waals surface area contributed by atoms with E-state index in [0.29, 0.717) is 19.0 Å². The highest BCUT2D eigenvalue weighted by Crippen LogP contribution is 2.44. The van der Waals surface area contributed by atoms with Crippen molar-refractivity contribution in [2.75, 3.05) is 18.4 Å². The van der Waals surface area contributed by atoms with Crippen molar-refractivity contribution in [1.82, 2.24) is 20.6 Å². The highest BCUT2D eigenvalue weighted by molar-refractivity contribution is 7.22. The fraction of sp³-hybridized carbons (Fsp3) is 0.421. The van der Waals surface area contributed by atoms with Gasteiger partial charge in [0.15, 0.2) is 0 Å². The van der Waals surface area contributed by atoms with E-state index in [4.69, 9.17) is 4.98 Å². The molecule has 158 valence electrons. The largest absolute Gasteiger partial charge is 0.317 e. The summed E-state index contributed by atoms with van der Waals surface area (Å²) in [5.41, 5.74) is 3.33. The molecule has 0 aliphatic carbocycles. The summed E-state index contributed by atoms with van der Waals surface area (Å²) >= 11 is 3.33. The standard InChI is InChI=1S/C19H23N5OS2.2ClH/c1-11(2)22-8-5-16(25)24-19-17(12-3-6-21-10-15(12)27-19)18-23-13-9-20-7-4-14(13)26-18;;/h4,7,9,11,21-22H,3,5-6,8,10H2,1-2H3,(H,24,25);2*1H. The zero-order valence-corrected chi connectivity index (χ0v) is 19.5. The Labute approximate surface area is 190 Å². The van der Waals surface area contributed by atoms with Gasteiger partial charge in [-0.25, -0.2) is 4.98 Å². The molecule has 0 unspecified atom stereocenters. The first-order valence-corrected chi connectivity index (χ1v) is 10.8. The van der Waals surface area contributed by atoms with Crippen molar-refractivity contribution in [1.29, 1.82) is 0 Å². The van der Waals surface area contributed by atoms with Gasteiger partial charge in [0.2, 0.25) is 5.91 Å². The Kier molecular flexibility index (Phi) is 8.81. The van der Waals surface area contributed by atoms with Gasteiger partial charge in [-0.05, 0) is 24.6 Å². The number of rotatable bonds is 6. The highest BCUT2D eigenvalue weighted by atomic mass is 35.5. The van der Waals surface area contributed by atoms with Crippen LogP contribution in [0.2, 0.25) is 0 Å². The molecule has 0 bridgehead atoms. The first kappa shape index (κ1) is 24.0. The zero-order valence-electron chi connectivity index (χ0n) is 16.3. The quantitative estimate of drug-likeness (QED) is 0.498. The first-order valence-electron chi connectivity index (χ1n) is 9.21. The van der Waals surface area contributed by atoms with Gasteiger partial charge in [0, 0.05) is 42.2 Å². The Morgan fingerprint density at radius 3 is 2.90 bits per heavy atom. The fourth-order valence-electron chi connectivity index (χ4n) is 3.20. The number of thiophene rings is 1. The third-order valence-corrected chi connectivity index (χ3v) is 6.69. The minimum atomic E-state index is 0. The molecule has 0 radical (unpaired) electrons. The predicted molar refractivity (Wildman–Crippen MR) is 127 cm³/mol. The second-order valence-corrected chi connectivity index (χ2v) is 9.04. The summed E-state index contributed by atoms with van der Waals surface area (Å²) in [4.78, 5) is 22.7. The van der Waals surface area contributed by atoms with E-state index in [2.05, 4.69) is 34.8 Å². The van der Waals surface area contributed by atoms with E-state index in [-0.39, 0.29) is 30.7 Å². The summed E-state index contributed by atoms with van der Waals surface area (Å²) in [5.74, 6) is 0.0405. The number of aromatic nitrogens is 2. The molecule has 0 spiro atoms. The molecule has 4 heterocycles. The van der Waals surface area contributed by atoms with Crippen LogP contribution in [0.25, 0.3) is 20.8 Å². The topological polar surface area (TPSA) is 78.9 Å². The number of hydrogen-bond acceptors (Lipinski definition) is 7. The van der Waals surface area contributed by atoms with Crippen LogP contribution in [0.1, 0.15) is 30.7 Å². The lowest BCUT2D eigenvalue weighted by atomic mass is 10.0. The van der Waals surface area contributed by atoms with Crippen molar-refractivity contribution in [2.24, 2.45) is 0 Å². The van der Waals surface area contributed by atoms with Crippen LogP contribution in [0.4, 0.5) is 5.00 Å². The lowest BCUT2D eigenvalue weighted by Crippen LogP contribution is -2.27. The maximum absolute atomic E-state index is 12.5. The van der Waals surface area contributed by atoms with Crippen LogP contribution in [0.3, 0.4) is 0 Å². The lowest BCUT2D eigenvalue weighted by Gasteiger charge is -2.13. The molecule has 0 saturated carbocycles. The third-order valence-electron chi connectivity index (χ3n) is 4.49. The zero-order chi connectivity index (χ0) is 18.8. The van der Waals surface area contributed by atoms with Gasteiger partial charge in [0.25, 0.3) is 0 Å². The Morgan fingerprint density at radius 1 is 1.31 bits per heavy atom. The summed E-state index contributed by atoms with van der Waals surface area (Å²) in [7, 11) is 0. The molecule has 0 atom stereocenters. The molecule has 1 amide bonds. The number of carbonyl (C=O) groups excluding carboxylic acids is 1. The Bertz CT molecular complexity index is 940. The second-order valence-electron chi connectivity index (χ2n) is 6.90. The van der Waals surface area contributed by atoms with Crippen molar-refractivity contribution in [3.05, 3.63) is 28.9 Å². The number of amides is 1. The Balaban J connectivity index is 0.00000150. The third kappa shape index (κ3) is 5.45. The van der Waals surface area contributed by atoms with Crippen molar-refractivity contribution in [3.63, 3.8) is 0 Å². The molecular weight excluding hydrogens is 449 g/mol. The van der Waals surface area contributed by atoms with Crippen LogP contribution in [0, 0.1) is 0 Å². The monoisotopic (exact) mass is 473 g/mol. The normalized spacial score (nSPS) is 12.9. The van der Waals surface area contributed by atoms with Crippen molar-refractivity contribution in [3.8, 4) is 10.6 Å². The summed E-state index contributed by atoms with van der Waals surface area (Å²) in [6.07, 6.45) is 5.01. The SMILES string of the molecule is CC(C)NCCC(=O)Nc1sc2c(c1-c1nc3cnccc3s1)CCNC2.Cl.Cl. The molecule has 0 aromatic carbocycles. The predicted octanol–water partition coefficient (Wildman–Crippen LogP) is 4.24. The van der Waals surface area contributed by atoms with Crippen molar-refractivity contribution in [2.45, 2.75) is 39.3 Å². The molecular formula is C19H25Cl2N5OS2. The van der Waals surface area contributed by atoms with Crippen molar-refractivity contribution >= 4 is 68.6 Å². The van der Waals surface area contributed by atoms with Crippen LogP contribution < -0.4 is 16.0 Å². The molecule has 3 aromatic heterocycles. The second kappa shape index (κ2) is 10.7. The van der Waals surface area contributed by atoms with Gasteiger partial charge < -0.3 is 16.0 Å². The molecule has 1 aliphatic heterocycles. The highest BCUT2D eigenvalue weighted by Gasteiger charge is 2.25. The van der Waals surface area contributed by atoms with Crippen LogP contribution in [-0.4, -0.2) is 35.0 Å². The number of anilines is 1. The average molecular weight is 474 g/mol. The molecule has 3 aromatic rings. The smallest absolute Gasteiger partial charge is 0.226 e. The molecule has 4 rings (SSSR count). The number of pyridine rings is 1. The average Bonchev–Trinajstić information content (AvgIpc) is 3.21. The van der Waals surface area contributed by atoms with Gasteiger partial charge in [-0.15, -0.1) is 47.5 Å². The summed E-state index contributed by atoms with van der Waals surface area (Å²) < 4.78 is 1.12. The number of fused-ring (bicyclic) bond motifs is 2. The van der Waals surface area contributed by atoms with E-state index in [9.17, 15) is 4.79 Å². The van der Waals surface area contributed by atoms with Gasteiger partial charge in [0.1, 0.15) is 15.5 Å². The maximum Gasteiger partial charge on any atom is 0.226 e. The van der Waals surface area contributed by atoms with E-state index in [1.165, 1.54) is 10.4 Å².